The number of rotatable bonds is 3. The van der Waals surface area contributed by atoms with E-state index in [9.17, 15) is 22.2 Å². The van der Waals surface area contributed by atoms with E-state index < -0.39 is 34.6 Å². The number of alkyl halides is 3. The molecule has 0 radical (unpaired) electrons. The highest BCUT2D eigenvalue weighted by Crippen LogP contribution is 2.40. The summed E-state index contributed by atoms with van der Waals surface area (Å²) in [6.45, 7) is 0. The fraction of sp³-hybridized carbons (Fsp3) is 0.118. The lowest BCUT2D eigenvalue weighted by Gasteiger charge is -2.27. The Labute approximate surface area is 163 Å². The van der Waals surface area contributed by atoms with Crippen LogP contribution < -0.4 is 4.74 Å². The topological polar surface area (TPSA) is 63.6 Å². The van der Waals surface area contributed by atoms with Crippen LogP contribution >= 0.6 is 23.2 Å². The molecular weight excluding hydrogens is 428 g/mol. The minimum absolute atomic E-state index is 0.00270. The van der Waals surface area contributed by atoms with Crippen molar-refractivity contribution >= 4 is 46.0 Å². The Balaban J connectivity index is 2.07. The van der Waals surface area contributed by atoms with Crippen molar-refractivity contribution in [1.82, 2.24) is 0 Å². The van der Waals surface area contributed by atoms with Gasteiger partial charge in [-0.15, -0.1) is 0 Å². The van der Waals surface area contributed by atoms with Gasteiger partial charge in [0.25, 0.3) is 0 Å². The molecule has 3 rings (SSSR count). The molecule has 0 bridgehead atoms. The molecule has 142 valence electrons. The summed E-state index contributed by atoms with van der Waals surface area (Å²) in [6, 6.07) is 8.36. The lowest BCUT2D eigenvalue weighted by molar-refractivity contribution is -0.187. The van der Waals surface area contributed by atoms with E-state index in [4.69, 9.17) is 33.0 Å². The van der Waals surface area contributed by atoms with E-state index in [-0.39, 0.29) is 21.2 Å². The zero-order valence-corrected chi connectivity index (χ0v) is 15.4. The van der Waals surface area contributed by atoms with Crippen LogP contribution in [0.25, 0.3) is 6.08 Å². The van der Waals surface area contributed by atoms with Gasteiger partial charge in [-0.2, -0.15) is 13.2 Å². The number of carboxylic acids is 1. The lowest BCUT2D eigenvalue weighted by atomic mass is 10.0. The maximum atomic E-state index is 13.2. The van der Waals surface area contributed by atoms with Gasteiger partial charge < -0.3 is 9.84 Å². The fourth-order valence-electron chi connectivity index (χ4n) is 2.44. The van der Waals surface area contributed by atoms with Gasteiger partial charge in [0.2, 0.25) is 6.10 Å². The van der Waals surface area contributed by atoms with Crippen LogP contribution in [-0.2, 0) is 15.6 Å². The molecule has 0 saturated heterocycles. The van der Waals surface area contributed by atoms with E-state index in [1.165, 1.54) is 30.3 Å². The van der Waals surface area contributed by atoms with Crippen LogP contribution in [0.2, 0.25) is 10.0 Å². The van der Waals surface area contributed by atoms with Crippen LogP contribution in [0.5, 0.6) is 5.75 Å². The summed E-state index contributed by atoms with van der Waals surface area (Å²) in [5, 5.41) is 9.46. The Kier molecular flexibility index (Phi) is 5.24. The third kappa shape index (κ3) is 3.97. The quantitative estimate of drug-likeness (QED) is 0.738. The van der Waals surface area contributed by atoms with E-state index in [0.717, 1.165) is 12.1 Å². The van der Waals surface area contributed by atoms with Gasteiger partial charge in [0.15, 0.2) is 0 Å². The Hall–Kier alpha value is -2.03. The number of carbonyl (C=O) groups is 1. The molecule has 0 aromatic heterocycles. The van der Waals surface area contributed by atoms with Gasteiger partial charge in [-0.1, -0.05) is 23.2 Å². The lowest BCUT2D eigenvalue weighted by Crippen LogP contribution is -2.40. The summed E-state index contributed by atoms with van der Waals surface area (Å²) in [7, 11) is -1.80. The van der Waals surface area contributed by atoms with Crippen molar-refractivity contribution in [2.45, 2.75) is 22.1 Å². The first-order valence-electron chi connectivity index (χ1n) is 7.27. The van der Waals surface area contributed by atoms with Gasteiger partial charge in [-0.25, -0.2) is 9.00 Å². The SMILES string of the molecule is O=C(O)C1=Cc2cc(Cl)c([S@@](=O)c3ccc(Cl)cc3)cc2OC1C(F)(F)F. The first-order chi connectivity index (χ1) is 12.6. The zero-order chi connectivity index (χ0) is 19.9. The molecule has 0 saturated carbocycles. The van der Waals surface area contributed by atoms with Crippen LogP contribution in [-0.4, -0.2) is 27.6 Å². The predicted octanol–water partition coefficient (Wildman–Crippen LogP) is 4.95. The number of hydrogen-bond acceptors (Lipinski definition) is 3. The largest absolute Gasteiger partial charge is 0.478 e. The molecular formula is C17H9Cl2F3O4S. The highest BCUT2D eigenvalue weighted by atomic mass is 35.5. The average molecular weight is 437 g/mol. The highest BCUT2D eigenvalue weighted by Gasteiger charge is 2.48. The van der Waals surface area contributed by atoms with E-state index >= 15 is 0 Å². The van der Waals surface area contributed by atoms with Gasteiger partial charge >= 0.3 is 12.1 Å². The van der Waals surface area contributed by atoms with Crippen molar-refractivity contribution in [2.75, 3.05) is 0 Å². The summed E-state index contributed by atoms with van der Waals surface area (Å²) >= 11 is 11.9. The molecule has 0 amide bonds. The second-order valence-corrected chi connectivity index (χ2v) is 7.78. The molecule has 10 heteroatoms. The Morgan fingerprint density at radius 3 is 2.33 bits per heavy atom. The van der Waals surface area contributed by atoms with Gasteiger partial charge in [0, 0.05) is 15.5 Å². The third-order valence-corrected chi connectivity index (χ3v) is 5.79. The van der Waals surface area contributed by atoms with Crippen molar-refractivity contribution in [3.05, 3.63) is 57.6 Å². The average Bonchev–Trinajstić information content (AvgIpc) is 2.59. The monoisotopic (exact) mass is 436 g/mol. The molecule has 1 N–H and O–H groups in total. The van der Waals surface area contributed by atoms with Crippen molar-refractivity contribution in [3.8, 4) is 5.75 Å². The zero-order valence-electron chi connectivity index (χ0n) is 13.1. The maximum absolute atomic E-state index is 13.2. The predicted molar refractivity (Wildman–Crippen MR) is 93.7 cm³/mol. The molecule has 1 aliphatic heterocycles. The minimum Gasteiger partial charge on any atom is -0.478 e. The first kappa shape index (κ1) is 19.7. The summed E-state index contributed by atoms with van der Waals surface area (Å²) in [5.74, 6) is -2.02. The smallest absolute Gasteiger partial charge is 0.430 e. The molecule has 2 aromatic carbocycles. The summed E-state index contributed by atoms with van der Waals surface area (Å²) in [6.07, 6.45) is -6.72. The fourth-order valence-corrected chi connectivity index (χ4v) is 4.04. The molecule has 0 aliphatic carbocycles. The van der Waals surface area contributed by atoms with E-state index in [1.807, 2.05) is 0 Å². The number of halogens is 5. The van der Waals surface area contributed by atoms with Gasteiger partial charge in [0.05, 0.1) is 26.3 Å². The Morgan fingerprint density at radius 2 is 1.78 bits per heavy atom. The van der Waals surface area contributed by atoms with Crippen LogP contribution in [0.4, 0.5) is 13.2 Å². The molecule has 1 aliphatic rings. The Morgan fingerprint density at radius 1 is 1.15 bits per heavy atom. The standard InChI is InChI=1S/C17H9Cl2F3O4S/c18-9-1-3-10(4-2-9)27(25)14-7-13-8(6-12(14)19)5-11(16(23)24)15(26-13)17(20,21)22/h1-7,15H,(H,23,24)/t15?,27-/m0/s1. The van der Waals surface area contributed by atoms with Crippen molar-refractivity contribution in [1.29, 1.82) is 0 Å². The molecule has 0 fully saturated rings. The van der Waals surface area contributed by atoms with Gasteiger partial charge in [0.1, 0.15) is 5.75 Å². The van der Waals surface area contributed by atoms with E-state index in [2.05, 4.69) is 0 Å². The summed E-state index contributed by atoms with van der Waals surface area (Å²) < 4.78 is 57.1. The summed E-state index contributed by atoms with van der Waals surface area (Å²) in [4.78, 5) is 11.5. The van der Waals surface area contributed by atoms with Crippen LogP contribution in [0, 0.1) is 0 Å². The molecule has 2 atom stereocenters. The third-order valence-electron chi connectivity index (χ3n) is 3.67. The molecule has 1 unspecified atom stereocenters. The molecule has 0 spiro atoms. The number of fused-ring (bicyclic) bond motifs is 1. The highest BCUT2D eigenvalue weighted by molar-refractivity contribution is 7.85. The minimum atomic E-state index is -4.93. The van der Waals surface area contributed by atoms with E-state index in [0.29, 0.717) is 9.92 Å². The van der Waals surface area contributed by atoms with Gasteiger partial charge in [-0.05, 0) is 42.5 Å². The second kappa shape index (κ2) is 7.18. The van der Waals surface area contributed by atoms with Crippen LogP contribution in [0.1, 0.15) is 5.56 Å². The number of aliphatic carboxylic acids is 1. The molecule has 1 heterocycles. The van der Waals surface area contributed by atoms with Gasteiger partial charge in [-0.3, -0.25) is 0 Å². The Bertz CT molecular complexity index is 971. The van der Waals surface area contributed by atoms with Crippen molar-refractivity contribution < 1.29 is 32.0 Å². The maximum Gasteiger partial charge on any atom is 0.430 e. The van der Waals surface area contributed by atoms with Crippen LogP contribution in [0.3, 0.4) is 0 Å². The normalized spacial score (nSPS) is 17.5. The number of hydrogen-bond donors (Lipinski definition) is 1. The van der Waals surface area contributed by atoms with E-state index in [1.54, 1.807) is 0 Å². The van der Waals surface area contributed by atoms with Crippen LogP contribution in [0.15, 0.2) is 51.8 Å². The molecule has 2 aromatic rings. The number of carboxylic acid groups (broad SMARTS) is 1. The molecule has 4 nitrogen and oxygen atoms in total. The van der Waals surface area contributed by atoms with Crippen molar-refractivity contribution in [3.63, 3.8) is 0 Å². The molecule has 27 heavy (non-hydrogen) atoms. The number of benzene rings is 2. The van der Waals surface area contributed by atoms with Crippen molar-refractivity contribution in [2.24, 2.45) is 0 Å². The summed E-state index contributed by atoms with van der Waals surface area (Å²) in [5.41, 5.74) is -0.910. The number of ether oxygens (including phenoxy) is 1. The first-order valence-corrected chi connectivity index (χ1v) is 9.17. The second-order valence-electron chi connectivity index (χ2n) is 5.49.